The summed E-state index contributed by atoms with van der Waals surface area (Å²) < 4.78 is 1.94. The van der Waals surface area contributed by atoms with Crippen LogP contribution in [-0.4, -0.2) is 4.98 Å². The molecule has 16 heavy (non-hydrogen) atoms. The number of hydrogen-bond acceptors (Lipinski definition) is 3. The lowest BCUT2D eigenvalue weighted by molar-refractivity contribution is 1.17. The van der Waals surface area contributed by atoms with E-state index in [9.17, 15) is 0 Å². The van der Waals surface area contributed by atoms with Gasteiger partial charge in [0, 0.05) is 11.4 Å². The summed E-state index contributed by atoms with van der Waals surface area (Å²) in [5.74, 6) is 0. The Balaban J connectivity index is 2.02. The molecule has 1 N–H and O–H groups in total. The monoisotopic (exact) mass is 380 g/mol. The second kappa shape index (κ2) is 5.49. The van der Waals surface area contributed by atoms with Crippen molar-refractivity contribution in [2.24, 2.45) is 0 Å². The summed E-state index contributed by atoms with van der Waals surface area (Å²) in [5.41, 5.74) is 0.945. The molecule has 6 heteroatoms. The van der Waals surface area contributed by atoms with Crippen LogP contribution < -0.4 is 5.32 Å². The predicted molar refractivity (Wildman–Crippen MR) is 76.3 cm³/mol. The Hall–Kier alpha value is -0.100. The molecule has 0 unspecified atom stereocenters. The van der Waals surface area contributed by atoms with E-state index in [2.05, 4.69) is 48.2 Å². The molecule has 0 fully saturated rings. The van der Waals surface area contributed by atoms with Crippen LogP contribution in [0.1, 0.15) is 4.88 Å². The zero-order valence-electron chi connectivity index (χ0n) is 8.01. The summed E-state index contributed by atoms with van der Waals surface area (Å²) in [7, 11) is 0. The maximum Gasteiger partial charge on any atom is 0.143 e. The van der Waals surface area contributed by atoms with Crippen molar-refractivity contribution >= 4 is 60.5 Å². The van der Waals surface area contributed by atoms with Crippen molar-refractivity contribution in [1.82, 2.24) is 4.98 Å². The van der Waals surface area contributed by atoms with Crippen LogP contribution in [0.2, 0.25) is 5.15 Å². The van der Waals surface area contributed by atoms with Crippen LogP contribution in [0, 0.1) is 0 Å². The van der Waals surface area contributed by atoms with Gasteiger partial charge in [-0.25, -0.2) is 4.98 Å². The first-order valence-electron chi connectivity index (χ1n) is 4.44. The van der Waals surface area contributed by atoms with Gasteiger partial charge in [-0.3, -0.25) is 0 Å². The molecule has 0 aliphatic rings. The third-order valence-electron chi connectivity index (χ3n) is 1.89. The Morgan fingerprint density at radius 1 is 1.38 bits per heavy atom. The van der Waals surface area contributed by atoms with Gasteiger partial charge >= 0.3 is 0 Å². The first kappa shape index (κ1) is 12.4. The number of anilines is 1. The fourth-order valence-electron chi connectivity index (χ4n) is 1.15. The smallest absolute Gasteiger partial charge is 0.143 e. The van der Waals surface area contributed by atoms with Crippen LogP contribution in [-0.2, 0) is 6.54 Å². The first-order valence-corrected chi connectivity index (χ1v) is 7.22. The summed E-state index contributed by atoms with van der Waals surface area (Å²) in [4.78, 5) is 5.31. The Labute approximate surface area is 119 Å². The van der Waals surface area contributed by atoms with Gasteiger partial charge in [-0.1, -0.05) is 11.6 Å². The van der Waals surface area contributed by atoms with Gasteiger partial charge in [0.05, 0.1) is 20.1 Å². The van der Waals surface area contributed by atoms with Crippen LogP contribution in [0.15, 0.2) is 32.7 Å². The molecular formula is C10H7Br2ClN2S. The average molecular weight is 383 g/mol. The van der Waals surface area contributed by atoms with Gasteiger partial charge in [0.25, 0.3) is 0 Å². The number of nitrogens with one attached hydrogen (secondary N) is 1. The number of halogens is 3. The number of pyridine rings is 1. The predicted octanol–water partition coefficient (Wildman–Crippen LogP) is 4.93. The molecule has 2 aromatic rings. The van der Waals surface area contributed by atoms with E-state index >= 15 is 0 Å². The lowest BCUT2D eigenvalue weighted by Crippen LogP contribution is -1.97. The van der Waals surface area contributed by atoms with Gasteiger partial charge in [0.15, 0.2) is 0 Å². The number of hydrogen-bond donors (Lipinski definition) is 1. The lowest BCUT2D eigenvalue weighted by atomic mass is 10.4. The molecule has 0 aliphatic heterocycles. The summed E-state index contributed by atoms with van der Waals surface area (Å²) in [5, 5.41) is 3.76. The standard InChI is InChI=1S/C10H7Br2ClN2S/c11-8-3-6(4-15-10(8)13)14-5-7-1-2-9(12)16-7/h1-4,14H,5H2. The van der Waals surface area contributed by atoms with E-state index in [1.54, 1.807) is 17.5 Å². The van der Waals surface area contributed by atoms with E-state index < -0.39 is 0 Å². The highest BCUT2D eigenvalue weighted by Crippen LogP contribution is 2.25. The molecule has 2 rings (SSSR count). The molecule has 2 heterocycles. The van der Waals surface area contributed by atoms with Crippen LogP contribution in [0.25, 0.3) is 0 Å². The van der Waals surface area contributed by atoms with Gasteiger partial charge in [-0.05, 0) is 50.1 Å². The second-order valence-electron chi connectivity index (χ2n) is 3.06. The largest absolute Gasteiger partial charge is 0.379 e. The Morgan fingerprint density at radius 3 is 2.81 bits per heavy atom. The van der Waals surface area contributed by atoms with Crippen molar-refractivity contribution < 1.29 is 0 Å². The Kier molecular flexibility index (Phi) is 4.24. The van der Waals surface area contributed by atoms with E-state index in [0.29, 0.717) is 5.15 Å². The van der Waals surface area contributed by atoms with E-state index in [0.717, 1.165) is 20.5 Å². The number of thiophene rings is 1. The van der Waals surface area contributed by atoms with Crippen LogP contribution in [0.3, 0.4) is 0 Å². The highest BCUT2D eigenvalue weighted by Gasteiger charge is 2.01. The minimum atomic E-state index is 0.476. The minimum Gasteiger partial charge on any atom is -0.379 e. The molecule has 0 aliphatic carbocycles. The fourth-order valence-corrected chi connectivity index (χ4v) is 3.03. The van der Waals surface area contributed by atoms with E-state index in [4.69, 9.17) is 11.6 Å². The number of rotatable bonds is 3. The highest BCUT2D eigenvalue weighted by molar-refractivity contribution is 9.11. The molecule has 0 aromatic carbocycles. The van der Waals surface area contributed by atoms with Crippen molar-refractivity contribution in [3.05, 3.63) is 42.7 Å². The Morgan fingerprint density at radius 2 is 2.19 bits per heavy atom. The lowest BCUT2D eigenvalue weighted by Gasteiger charge is -2.05. The molecule has 0 spiro atoms. The maximum atomic E-state index is 5.81. The summed E-state index contributed by atoms with van der Waals surface area (Å²) in [6.45, 7) is 0.784. The van der Waals surface area contributed by atoms with Crippen LogP contribution in [0.4, 0.5) is 5.69 Å². The molecule has 0 atom stereocenters. The van der Waals surface area contributed by atoms with Crippen LogP contribution in [0.5, 0.6) is 0 Å². The molecule has 2 aromatic heterocycles. The third-order valence-corrected chi connectivity index (χ3v) is 4.65. The van der Waals surface area contributed by atoms with Crippen molar-refractivity contribution in [3.63, 3.8) is 0 Å². The van der Waals surface area contributed by atoms with Crippen molar-refractivity contribution in [1.29, 1.82) is 0 Å². The maximum absolute atomic E-state index is 5.81. The Bertz CT molecular complexity index is 501. The zero-order chi connectivity index (χ0) is 11.5. The van der Waals surface area contributed by atoms with Crippen molar-refractivity contribution in [2.75, 3.05) is 5.32 Å². The van der Waals surface area contributed by atoms with Gasteiger partial charge in [0.1, 0.15) is 5.15 Å². The third kappa shape index (κ3) is 3.20. The molecule has 0 amide bonds. The summed E-state index contributed by atoms with van der Waals surface area (Å²) >= 11 is 14.3. The summed E-state index contributed by atoms with van der Waals surface area (Å²) in [6.07, 6.45) is 1.72. The van der Waals surface area contributed by atoms with E-state index in [1.165, 1.54) is 4.88 Å². The normalized spacial score (nSPS) is 10.4. The molecule has 0 radical (unpaired) electrons. The zero-order valence-corrected chi connectivity index (χ0v) is 12.8. The number of aromatic nitrogens is 1. The van der Waals surface area contributed by atoms with Gasteiger partial charge in [-0.15, -0.1) is 11.3 Å². The van der Waals surface area contributed by atoms with Crippen LogP contribution >= 0.6 is 54.8 Å². The highest BCUT2D eigenvalue weighted by atomic mass is 79.9. The molecule has 2 nitrogen and oxygen atoms in total. The van der Waals surface area contributed by atoms with Crippen molar-refractivity contribution in [2.45, 2.75) is 6.54 Å². The van der Waals surface area contributed by atoms with Gasteiger partial charge < -0.3 is 5.32 Å². The van der Waals surface area contributed by atoms with Gasteiger partial charge in [-0.2, -0.15) is 0 Å². The molecule has 0 saturated heterocycles. The van der Waals surface area contributed by atoms with Crippen molar-refractivity contribution in [3.8, 4) is 0 Å². The average Bonchev–Trinajstić information content (AvgIpc) is 2.66. The SMILES string of the molecule is Clc1ncc(NCc2ccc(Br)s2)cc1Br. The van der Waals surface area contributed by atoms with Gasteiger partial charge in [0.2, 0.25) is 0 Å². The minimum absolute atomic E-state index is 0.476. The van der Waals surface area contributed by atoms with E-state index in [1.807, 2.05) is 12.1 Å². The quantitative estimate of drug-likeness (QED) is 0.761. The molecule has 84 valence electrons. The first-order chi connectivity index (χ1) is 7.65. The topological polar surface area (TPSA) is 24.9 Å². The molecule has 0 saturated carbocycles. The molecule has 0 bridgehead atoms. The summed E-state index contributed by atoms with van der Waals surface area (Å²) in [6, 6.07) is 6.04. The van der Waals surface area contributed by atoms with E-state index in [-0.39, 0.29) is 0 Å². The molecular weight excluding hydrogens is 375 g/mol. The fraction of sp³-hybridized carbons (Fsp3) is 0.100. The number of nitrogens with zero attached hydrogens (tertiary/aromatic N) is 1. The second-order valence-corrected chi connectivity index (χ2v) is 6.82.